The molecule has 1 aliphatic rings. The van der Waals surface area contributed by atoms with Gasteiger partial charge >= 0.3 is 16.4 Å². The summed E-state index contributed by atoms with van der Waals surface area (Å²) in [6.07, 6.45) is 2.70. The molecule has 2 aromatic rings. The number of nitrogens with one attached hydrogen (secondary N) is 2. The van der Waals surface area contributed by atoms with E-state index in [1.165, 1.54) is 0 Å². The number of rotatable bonds is 7. The third-order valence-electron chi connectivity index (χ3n) is 5.86. The van der Waals surface area contributed by atoms with E-state index in [9.17, 15) is 13.2 Å². The van der Waals surface area contributed by atoms with Crippen LogP contribution in [-0.2, 0) is 14.5 Å². The zero-order chi connectivity index (χ0) is 24.2. The average molecular weight is 479 g/mol. The van der Waals surface area contributed by atoms with Crippen LogP contribution in [0.2, 0.25) is 0 Å². The van der Waals surface area contributed by atoms with Gasteiger partial charge in [0.15, 0.2) is 0 Å². The molecule has 3 rings (SSSR count). The van der Waals surface area contributed by atoms with Crippen LogP contribution in [0.1, 0.15) is 40.5 Å². The van der Waals surface area contributed by atoms with Gasteiger partial charge in [-0.25, -0.2) is 4.79 Å². The molecule has 182 valence electrons. The average Bonchev–Trinajstić information content (AvgIpc) is 2.75. The highest BCUT2D eigenvalue weighted by Crippen LogP contribution is 2.33. The number of ether oxygens (including phenoxy) is 1. The lowest BCUT2D eigenvalue weighted by Gasteiger charge is -2.36. The maximum atomic E-state index is 12.1. The molecule has 1 fully saturated rings. The molecule has 1 aromatic heterocycles. The Hall–Kier alpha value is -2.59. The Balaban J connectivity index is 1.55. The van der Waals surface area contributed by atoms with E-state index < -0.39 is 21.9 Å². The van der Waals surface area contributed by atoms with Gasteiger partial charge in [0.2, 0.25) is 0 Å². The molecule has 9 nitrogen and oxygen atoms in total. The molecule has 2 N–H and O–H groups in total. The highest BCUT2D eigenvalue weighted by molar-refractivity contribution is 7.85. The molecule has 10 heteroatoms. The molecule has 2 heterocycles. The van der Waals surface area contributed by atoms with Crippen LogP contribution in [-0.4, -0.2) is 51.8 Å². The van der Waals surface area contributed by atoms with Crippen LogP contribution in [0.25, 0.3) is 10.9 Å². The Morgan fingerprint density at radius 1 is 1.24 bits per heavy atom. The lowest BCUT2D eigenvalue weighted by atomic mass is 9.85. The number of benzene rings is 1. The number of hydrogen-bond acceptors (Lipinski definition) is 7. The van der Waals surface area contributed by atoms with Crippen molar-refractivity contribution >= 4 is 33.0 Å². The smallest absolute Gasteiger partial charge is 0.424 e. The third kappa shape index (κ3) is 6.94. The first-order chi connectivity index (χ1) is 15.5. The van der Waals surface area contributed by atoms with E-state index in [1.807, 2.05) is 37.4 Å². The molecule has 33 heavy (non-hydrogen) atoms. The van der Waals surface area contributed by atoms with Crippen LogP contribution in [0.15, 0.2) is 30.5 Å². The largest absolute Gasteiger partial charge is 0.497 e. The lowest BCUT2D eigenvalue weighted by Crippen LogP contribution is -2.44. The molecular weight excluding hydrogens is 444 g/mol. The number of hydrogen-bond donors (Lipinski definition) is 2. The standard InChI is InChI=1S/C23H34N4O5S/c1-16(15-25-33(29,30)32-22(28)26-23(2,3)4)17-9-12-27(13-10-17)21-8-11-24-20-7-6-18(31-5)14-19(20)21/h6-8,11,14,16-17,25H,9-10,12-13,15H2,1-5H3,(H,26,28). The second kappa shape index (κ2) is 10.1. The van der Waals surface area contributed by atoms with Crippen molar-refractivity contribution in [3.63, 3.8) is 0 Å². The van der Waals surface area contributed by atoms with Crippen LogP contribution >= 0.6 is 0 Å². The number of amides is 1. The maximum absolute atomic E-state index is 12.1. The van der Waals surface area contributed by atoms with E-state index in [4.69, 9.17) is 4.74 Å². The van der Waals surface area contributed by atoms with Gasteiger partial charge < -0.3 is 19.1 Å². The first-order valence-corrected chi connectivity index (χ1v) is 12.6. The van der Waals surface area contributed by atoms with Gasteiger partial charge in [0.25, 0.3) is 0 Å². The van der Waals surface area contributed by atoms with E-state index in [0.29, 0.717) is 5.92 Å². The highest BCUT2D eigenvalue weighted by atomic mass is 32.2. The van der Waals surface area contributed by atoms with Crippen molar-refractivity contribution in [3.05, 3.63) is 30.5 Å². The summed E-state index contributed by atoms with van der Waals surface area (Å²) in [6, 6.07) is 7.91. The number of pyridine rings is 1. The van der Waals surface area contributed by atoms with Crippen molar-refractivity contribution in [1.82, 2.24) is 15.0 Å². The molecule has 0 bridgehead atoms. The van der Waals surface area contributed by atoms with Gasteiger partial charge in [-0.15, -0.1) is 0 Å². The topological polar surface area (TPSA) is 110 Å². The monoisotopic (exact) mass is 478 g/mol. The molecule has 0 spiro atoms. The van der Waals surface area contributed by atoms with Crippen molar-refractivity contribution in [2.75, 3.05) is 31.6 Å². The zero-order valence-corrected chi connectivity index (χ0v) is 20.7. The Morgan fingerprint density at radius 2 is 1.94 bits per heavy atom. The van der Waals surface area contributed by atoms with Crippen molar-refractivity contribution in [3.8, 4) is 5.75 Å². The number of piperidine rings is 1. The van der Waals surface area contributed by atoms with Crippen LogP contribution in [0.4, 0.5) is 10.5 Å². The Labute approximate surface area is 196 Å². The molecule has 1 saturated heterocycles. The minimum atomic E-state index is -4.16. The van der Waals surface area contributed by atoms with E-state index >= 15 is 0 Å². The molecule has 1 unspecified atom stereocenters. The maximum Gasteiger partial charge on any atom is 0.424 e. The predicted molar refractivity (Wildman–Crippen MR) is 129 cm³/mol. The van der Waals surface area contributed by atoms with Crippen molar-refractivity contribution in [2.24, 2.45) is 11.8 Å². The van der Waals surface area contributed by atoms with Gasteiger partial charge in [-0.3, -0.25) is 4.98 Å². The van der Waals surface area contributed by atoms with E-state index in [2.05, 4.69) is 24.1 Å². The molecule has 0 saturated carbocycles. The highest BCUT2D eigenvalue weighted by Gasteiger charge is 2.27. The van der Waals surface area contributed by atoms with Gasteiger partial charge in [0.1, 0.15) is 5.75 Å². The fourth-order valence-corrected chi connectivity index (χ4v) is 4.85. The van der Waals surface area contributed by atoms with Crippen LogP contribution in [0.5, 0.6) is 5.75 Å². The fourth-order valence-electron chi connectivity index (χ4n) is 4.08. The van der Waals surface area contributed by atoms with Gasteiger partial charge in [-0.05, 0) is 69.7 Å². The summed E-state index contributed by atoms with van der Waals surface area (Å²) in [5, 5.41) is 3.53. The lowest BCUT2D eigenvalue weighted by molar-refractivity contribution is 0.191. The summed E-state index contributed by atoms with van der Waals surface area (Å²) in [6.45, 7) is 9.19. The Morgan fingerprint density at radius 3 is 2.58 bits per heavy atom. The summed E-state index contributed by atoms with van der Waals surface area (Å²) in [5.41, 5.74) is 1.47. The molecule has 1 amide bonds. The summed E-state index contributed by atoms with van der Waals surface area (Å²) < 4.78 is 36.6. The SMILES string of the molecule is COc1ccc2nccc(N3CCC(C(C)CNS(=O)(=O)OC(=O)NC(C)(C)C)CC3)c2c1. The first-order valence-electron chi connectivity index (χ1n) is 11.2. The number of nitrogens with zero attached hydrogens (tertiary/aromatic N) is 2. The Bertz CT molecular complexity index is 1080. The fraction of sp³-hybridized carbons (Fsp3) is 0.565. The van der Waals surface area contributed by atoms with Gasteiger partial charge in [-0.2, -0.15) is 13.1 Å². The number of aromatic nitrogens is 1. The minimum absolute atomic E-state index is 0.102. The summed E-state index contributed by atoms with van der Waals surface area (Å²) >= 11 is 0. The molecule has 1 aromatic carbocycles. The summed E-state index contributed by atoms with van der Waals surface area (Å²) in [7, 11) is -2.51. The molecule has 0 radical (unpaired) electrons. The number of carbonyl (C=O) groups is 1. The second-order valence-electron chi connectivity index (χ2n) is 9.56. The van der Waals surface area contributed by atoms with E-state index in [-0.39, 0.29) is 12.5 Å². The third-order valence-corrected chi connectivity index (χ3v) is 6.75. The van der Waals surface area contributed by atoms with Crippen molar-refractivity contribution in [1.29, 1.82) is 0 Å². The quantitative estimate of drug-likeness (QED) is 0.627. The van der Waals surface area contributed by atoms with Gasteiger partial charge in [-0.1, -0.05) is 6.92 Å². The van der Waals surface area contributed by atoms with E-state index in [1.54, 1.807) is 27.9 Å². The number of fused-ring (bicyclic) bond motifs is 1. The van der Waals surface area contributed by atoms with Gasteiger partial charge in [0.05, 0.1) is 12.6 Å². The molecular formula is C23H34N4O5S. The van der Waals surface area contributed by atoms with E-state index in [0.717, 1.165) is 48.3 Å². The number of carbonyl (C=O) groups excluding carboxylic acids is 1. The minimum Gasteiger partial charge on any atom is -0.497 e. The summed E-state index contributed by atoms with van der Waals surface area (Å²) in [4.78, 5) is 18.6. The van der Waals surface area contributed by atoms with Gasteiger partial charge in [0, 0.05) is 42.4 Å². The molecule has 0 aliphatic carbocycles. The van der Waals surface area contributed by atoms with Crippen LogP contribution in [0, 0.1) is 11.8 Å². The second-order valence-corrected chi connectivity index (χ2v) is 10.9. The van der Waals surface area contributed by atoms with Crippen LogP contribution < -0.4 is 19.7 Å². The summed E-state index contributed by atoms with van der Waals surface area (Å²) in [5.74, 6) is 1.26. The first kappa shape index (κ1) is 25.0. The zero-order valence-electron chi connectivity index (χ0n) is 19.9. The van der Waals surface area contributed by atoms with Crippen molar-refractivity contribution in [2.45, 2.75) is 46.1 Å². The molecule has 1 aliphatic heterocycles. The molecule has 1 atom stereocenters. The number of anilines is 1. The predicted octanol–water partition coefficient (Wildman–Crippen LogP) is 3.46. The Kier molecular flexibility index (Phi) is 7.69. The normalized spacial score (nSPS) is 16.5. The van der Waals surface area contributed by atoms with Crippen LogP contribution in [0.3, 0.4) is 0 Å². The van der Waals surface area contributed by atoms with Crippen molar-refractivity contribution < 1.29 is 22.1 Å². The number of methoxy groups -OCH3 is 1.